The minimum absolute atomic E-state index is 1.37. The molecule has 0 aromatic rings. The van der Waals surface area contributed by atoms with Gasteiger partial charge in [0.15, 0.2) is 0 Å². The van der Waals surface area contributed by atoms with E-state index >= 15 is 0 Å². The van der Waals surface area contributed by atoms with Crippen LogP contribution in [0.5, 0.6) is 0 Å². The van der Waals surface area contributed by atoms with Gasteiger partial charge in [0.2, 0.25) is 0 Å². The third-order valence-electron chi connectivity index (χ3n) is 2.69. The summed E-state index contributed by atoms with van der Waals surface area (Å²) in [5, 5.41) is 0. The first-order valence-corrected chi connectivity index (χ1v) is 5.27. The van der Waals surface area contributed by atoms with Gasteiger partial charge < -0.3 is 0 Å². The fraction of sp³-hybridized carbons (Fsp3) is 0.909. The standard InChI is InChI=1S/C11H21/c1-2-3-4-5-8-11-9-6-7-10-11/h2-10H2,1H3. The Morgan fingerprint density at radius 3 is 2.36 bits per heavy atom. The molecule has 0 atom stereocenters. The summed E-state index contributed by atoms with van der Waals surface area (Å²) in [5.74, 6) is 1.86. The Morgan fingerprint density at radius 1 is 1.00 bits per heavy atom. The molecule has 0 spiro atoms. The maximum atomic E-state index is 2.28. The van der Waals surface area contributed by atoms with Crippen LogP contribution in [0.25, 0.3) is 0 Å². The Morgan fingerprint density at radius 2 is 1.73 bits per heavy atom. The molecule has 65 valence electrons. The Labute approximate surface area is 71.4 Å². The lowest BCUT2D eigenvalue weighted by Crippen LogP contribution is -1.89. The van der Waals surface area contributed by atoms with E-state index in [0.29, 0.717) is 0 Å². The molecule has 0 heterocycles. The lowest BCUT2D eigenvalue weighted by Gasteiger charge is -2.06. The van der Waals surface area contributed by atoms with Gasteiger partial charge in [-0.05, 0) is 25.2 Å². The van der Waals surface area contributed by atoms with E-state index in [4.69, 9.17) is 0 Å². The third kappa shape index (κ3) is 3.79. The predicted molar refractivity (Wildman–Crippen MR) is 50.5 cm³/mol. The largest absolute Gasteiger partial charge is 0.0654 e. The summed E-state index contributed by atoms with van der Waals surface area (Å²) < 4.78 is 0. The molecule has 1 aliphatic carbocycles. The topological polar surface area (TPSA) is 0 Å². The number of hydrogen-bond donors (Lipinski definition) is 0. The van der Waals surface area contributed by atoms with Gasteiger partial charge in [0.1, 0.15) is 0 Å². The zero-order valence-electron chi connectivity index (χ0n) is 7.86. The van der Waals surface area contributed by atoms with Crippen molar-refractivity contribution in [2.75, 3.05) is 0 Å². The van der Waals surface area contributed by atoms with E-state index in [-0.39, 0.29) is 0 Å². The summed E-state index contributed by atoms with van der Waals surface area (Å²) in [7, 11) is 0. The molecule has 0 aromatic heterocycles. The van der Waals surface area contributed by atoms with Crippen LogP contribution in [0.4, 0.5) is 0 Å². The van der Waals surface area contributed by atoms with E-state index in [0.717, 1.165) is 0 Å². The summed E-state index contributed by atoms with van der Waals surface area (Å²) in [6, 6.07) is 0. The van der Waals surface area contributed by atoms with E-state index < -0.39 is 0 Å². The Bertz CT molecular complexity index is 80.0. The van der Waals surface area contributed by atoms with Gasteiger partial charge in [-0.1, -0.05) is 45.4 Å². The molecule has 1 saturated carbocycles. The summed E-state index contributed by atoms with van der Waals surface area (Å²) in [5.41, 5.74) is 0. The van der Waals surface area contributed by atoms with Crippen LogP contribution in [0.2, 0.25) is 0 Å². The number of rotatable bonds is 5. The van der Waals surface area contributed by atoms with E-state index in [9.17, 15) is 0 Å². The fourth-order valence-electron chi connectivity index (χ4n) is 1.93. The normalized spacial score (nSPS) is 19.4. The Kier molecular flexibility index (Phi) is 4.65. The highest BCUT2D eigenvalue weighted by Gasteiger charge is 2.14. The van der Waals surface area contributed by atoms with Gasteiger partial charge in [-0.25, -0.2) is 0 Å². The van der Waals surface area contributed by atoms with Crippen molar-refractivity contribution in [1.29, 1.82) is 0 Å². The molecule has 0 amide bonds. The second kappa shape index (κ2) is 5.62. The van der Waals surface area contributed by atoms with E-state index in [1.165, 1.54) is 57.8 Å². The van der Waals surface area contributed by atoms with Crippen molar-refractivity contribution in [1.82, 2.24) is 0 Å². The Balaban J connectivity index is 1.86. The van der Waals surface area contributed by atoms with Gasteiger partial charge >= 0.3 is 0 Å². The number of unbranched alkanes of at least 4 members (excludes halogenated alkanes) is 3. The van der Waals surface area contributed by atoms with Crippen LogP contribution in [-0.4, -0.2) is 0 Å². The first-order valence-electron chi connectivity index (χ1n) is 5.27. The lowest BCUT2D eigenvalue weighted by molar-refractivity contribution is 0.622. The first-order chi connectivity index (χ1) is 5.43. The molecule has 0 aliphatic heterocycles. The smallest absolute Gasteiger partial charge is 0.0241 e. The van der Waals surface area contributed by atoms with Crippen molar-refractivity contribution in [2.45, 2.75) is 64.7 Å². The van der Waals surface area contributed by atoms with E-state index in [1.807, 2.05) is 5.92 Å². The monoisotopic (exact) mass is 153 g/mol. The molecule has 0 N–H and O–H groups in total. The summed E-state index contributed by atoms with van der Waals surface area (Å²) in [6.07, 6.45) is 13.0. The highest BCUT2D eigenvalue weighted by atomic mass is 14.2. The van der Waals surface area contributed by atoms with Crippen LogP contribution in [0.1, 0.15) is 64.7 Å². The van der Waals surface area contributed by atoms with Crippen molar-refractivity contribution in [3.05, 3.63) is 5.92 Å². The SMILES string of the molecule is CCCCCC[C]1CCCC1. The third-order valence-corrected chi connectivity index (χ3v) is 2.69. The molecule has 1 radical (unpaired) electrons. The molecule has 0 heteroatoms. The van der Waals surface area contributed by atoms with Crippen LogP contribution < -0.4 is 0 Å². The highest BCUT2D eigenvalue weighted by Crippen LogP contribution is 2.31. The second-order valence-corrected chi connectivity index (χ2v) is 3.77. The fourth-order valence-corrected chi connectivity index (χ4v) is 1.93. The minimum Gasteiger partial charge on any atom is -0.0654 e. The molecule has 1 rings (SSSR count). The highest BCUT2D eigenvalue weighted by molar-refractivity contribution is 4.93. The molecule has 0 unspecified atom stereocenters. The van der Waals surface area contributed by atoms with Gasteiger partial charge in [0, 0.05) is 0 Å². The van der Waals surface area contributed by atoms with Crippen LogP contribution in [-0.2, 0) is 0 Å². The van der Waals surface area contributed by atoms with E-state index in [1.54, 1.807) is 0 Å². The van der Waals surface area contributed by atoms with Gasteiger partial charge in [-0.3, -0.25) is 0 Å². The lowest BCUT2D eigenvalue weighted by atomic mass is 10.00. The number of hydrogen-bond acceptors (Lipinski definition) is 0. The van der Waals surface area contributed by atoms with Gasteiger partial charge in [-0.2, -0.15) is 0 Å². The Hall–Kier alpha value is 0. The van der Waals surface area contributed by atoms with Gasteiger partial charge in [-0.15, -0.1) is 0 Å². The molecule has 0 bridgehead atoms. The van der Waals surface area contributed by atoms with Crippen LogP contribution in [0, 0.1) is 5.92 Å². The quantitative estimate of drug-likeness (QED) is 0.521. The average molecular weight is 153 g/mol. The van der Waals surface area contributed by atoms with Crippen LogP contribution in [0.15, 0.2) is 0 Å². The molecule has 0 saturated heterocycles. The second-order valence-electron chi connectivity index (χ2n) is 3.77. The van der Waals surface area contributed by atoms with E-state index in [2.05, 4.69) is 6.92 Å². The maximum absolute atomic E-state index is 2.28. The average Bonchev–Trinajstić information content (AvgIpc) is 2.50. The molecule has 0 aromatic carbocycles. The summed E-state index contributed by atoms with van der Waals surface area (Å²) in [4.78, 5) is 0. The van der Waals surface area contributed by atoms with Crippen molar-refractivity contribution in [3.8, 4) is 0 Å². The summed E-state index contributed by atoms with van der Waals surface area (Å²) in [6.45, 7) is 2.28. The molecule has 0 nitrogen and oxygen atoms in total. The molecular weight excluding hydrogens is 132 g/mol. The summed E-state index contributed by atoms with van der Waals surface area (Å²) >= 11 is 0. The molecular formula is C11H21. The van der Waals surface area contributed by atoms with Crippen LogP contribution in [0.3, 0.4) is 0 Å². The zero-order chi connectivity index (χ0) is 7.94. The van der Waals surface area contributed by atoms with Crippen LogP contribution >= 0.6 is 0 Å². The van der Waals surface area contributed by atoms with Crippen molar-refractivity contribution in [2.24, 2.45) is 0 Å². The zero-order valence-corrected chi connectivity index (χ0v) is 7.86. The van der Waals surface area contributed by atoms with Crippen molar-refractivity contribution < 1.29 is 0 Å². The van der Waals surface area contributed by atoms with Gasteiger partial charge in [0.25, 0.3) is 0 Å². The minimum atomic E-state index is 1.37. The van der Waals surface area contributed by atoms with Gasteiger partial charge in [0.05, 0.1) is 0 Å². The predicted octanol–water partition coefficient (Wildman–Crippen LogP) is 4.11. The maximum Gasteiger partial charge on any atom is -0.0241 e. The van der Waals surface area contributed by atoms with Crippen molar-refractivity contribution in [3.63, 3.8) is 0 Å². The molecule has 1 fully saturated rings. The first kappa shape index (κ1) is 9.09. The molecule has 1 aliphatic rings. The van der Waals surface area contributed by atoms with Crippen molar-refractivity contribution >= 4 is 0 Å². The molecule has 11 heavy (non-hydrogen) atoms.